The van der Waals surface area contributed by atoms with Crippen LogP contribution in [0.3, 0.4) is 0 Å². The summed E-state index contributed by atoms with van der Waals surface area (Å²) in [6, 6.07) is 13.9. The van der Waals surface area contributed by atoms with Gasteiger partial charge in [-0.2, -0.15) is 0 Å². The largest absolute Gasteiger partial charge is 0.368 e. The zero-order valence-corrected chi connectivity index (χ0v) is 24.3. The number of carbonyl (C=O) groups is 3. The van der Waals surface area contributed by atoms with Crippen molar-refractivity contribution < 1.29 is 14.4 Å². The van der Waals surface area contributed by atoms with Gasteiger partial charge < -0.3 is 15.1 Å². The fourth-order valence-corrected chi connectivity index (χ4v) is 7.84. The Morgan fingerprint density at radius 1 is 1.02 bits per heavy atom. The number of anilines is 1. The molecule has 0 radical (unpaired) electrons. The van der Waals surface area contributed by atoms with E-state index in [-0.39, 0.29) is 28.6 Å². The lowest BCUT2D eigenvalue weighted by Gasteiger charge is -2.38. The van der Waals surface area contributed by atoms with Crippen molar-refractivity contribution in [1.82, 2.24) is 10.2 Å². The highest BCUT2D eigenvalue weighted by molar-refractivity contribution is 8.18. The van der Waals surface area contributed by atoms with Crippen molar-refractivity contribution in [1.29, 1.82) is 0 Å². The van der Waals surface area contributed by atoms with Crippen LogP contribution < -0.4 is 10.2 Å². The molecule has 4 aliphatic rings. The van der Waals surface area contributed by atoms with Gasteiger partial charge in [-0.3, -0.25) is 14.4 Å². The number of allylic oxidation sites excluding steroid dienone is 2. The Hall–Kier alpha value is -2.87. The van der Waals surface area contributed by atoms with Crippen molar-refractivity contribution in [3.05, 3.63) is 75.2 Å². The molecule has 3 fully saturated rings. The first-order valence-electron chi connectivity index (χ1n) is 14.3. The molecular weight excluding hydrogens is 542 g/mol. The average Bonchev–Trinajstić information content (AvgIpc) is 3.20. The zero-order valence-electron chi connectivity index (χ0n) is 22.7. The Bertz CT molecular complexity index is 1420. The molecule has 3 atom stereocenters. The molecule has 3 heterocycles. The smallest absolute Gasteiger partial charge is 0.258 e. The van der Waals surface area contributed by atoms with Gasteiger partial charge in [0, 0.05) is 59.9 Å². The molecule has 3 aliphatic heterocycles. The fraction of sp³-hybridized carbons (Fsp3) is 0.406. The van der Waals surface area contributed by atoms with E-state index in [2.05, 4.69) is 10.2 Å². The molecule has 1 saturated carbocycles. The second-order valence-electron chi connectivity index (χ2n) is 11.0. The summed E-state index contributed by atoms with van der Waals surface area (Å²) in [6.07, 6.45) is 8.48. The Morgan fingerprint density at radius 2 is 1.82 bits per heavy atom. The van der Waals surface area contributed by atoms with E-state index in [1.54, 1.807) is 0 Å². The molecule has 2 aromatic carbocycles. The maximum Gasteiger partial charge on any atom is 0.258 e. The van der Waals surface area contributed by atoms with Crippen LogP contribution in [0.25, 0.3) is 11.8 Å². The summed E-state index contributed by atoms with van der Waals surface area (Å²) in [4.78, 5) is 43.2. The van der Waals surface area contributed by atoms with Crippen LogP contribution in [-0.4, -0.2) is 53.9 Å². The number of ketones is 1. The summed E-state index contributed by atoms with van der Waals surface area (Å²) >= 11 is 7.85. The van der Waals surface area contributed by atoms with E-state index in [4.69, 9.17) is 11.6 Å². The van der Waals surface area contributed by atoms with E-state index in [0.717, 1.165) is 91.6 Å². The molecule has 2 aromatic rings. The third-order valence-corrected chi connectivity index (χ3v) is 9.99. The molecule has 8 heteroatoms. The summed E-state index contributed by atoms with van der Waals surface area (Å²) in [5.41, 5.74) is 4.61. The van der Waals surface area contributed by atoms with E-state index in [9.17, 15) is 14.4 Å². The number of rotatable bonds is 7. The number of halogens is 1. The Balaban J connectivity index is 1.09. The second-order valence-corrected chi connectivity index (χ2v) is 12.5. The third-order valence-electron chi connectivity index (χ3n) is 8.64. The van der Waals surface area contributed by atoms with E-state index >= 15 is 0 Å². The second kappa shape index (κ2) is 11.6. The Labute approximate surface area is 244 Å². The number of benzene rings is 2. The van der Waals surface area contributed by atoms with Crippen LogP contribution in [0.5, 0.6) is 0 Å². The standard InChI is InChI=1S/C32H34ClN3O3S/c1-2-27-22-10-3-4-11-24(22)31(38)36(27)17-7-15-34-21-9-6-16-35(19-21)29-20(8-5-12-26(29)33)18-28-30(37)23-13-14-25(23)32(39)40-28/h2-5,8,10-12,18,21,23,25,34H,6-7,9,13-17,19H2,1H3. The third kappa shape index (κ3) is 5.04. The van der Waals surface area contributed by atoms with Crippen molar-refractivity contribution in [3.63, 3.8) is 0 Å². The SMILES string of the molecule is CC=C1c2ccccc2C(=O)N1CCCNC1CCCN(c2c(Cl)cccc2C=C2SC(=O)C3CCC3C2=O)C1. The van der Waals surface area contributed by atoms with Gasteiger partial charge in [0.1, 0.15) is 0 Å². The number of para-hydroxylation sites is 1. The quantitative estimate of drug-likeness (QED) is 0.322. The topological polar surface area (TPSA) is 69.7 Å². The lowest BCUT2D eigenvalue weighted by Crippen LogP contribution is -2.46. The molecule has 1 aliphatic carbocycles. The minimum absolute atomic E-state index is 0.0806. The number of piperidine rings is 1. The highest BCUT2D eigenvalue weighted by Crippen LogP contribution is 2.48. The van der Waals surface area contributed by atoms with Crippen molar-refractivity contribution in [2.75, 3.05) is 31.1 Å². The maximum absolute atomic E-state index is 13.0. The summed E-state index contributed by atoms with van der Waals surface area (Å²) in [6.45, 7) is 5.15. The monoisotopic (exact) mass is 575 g/mol. The summed E-state index contributed by atoms with van der Waals surface area (Å²) in [7, 11) is 0. The number of nitrogens with one attached hydrogen (secondary N) is 1. The molecule has 40 heavy (non-hydrogen) atoms. The number of nitrogens with zero attached hydrogens (tertiary/aromatic N) is 2. The Morgan fingerprint density at radius 3 is 2.60 bits per heavy atom. The van der Waals surface area contributed by atoms with Gasteiger partial charge in [0.2, 0.25) is 0 Å². The number of hydrogen-bond donors (Lipinski definition) is 1. The first kappa shape index (κ1) is 27.3. The fourth-order valence-electron chi connectivity index (χ4n) is 6.45. The minimum atomic E-state index is -0.139. The molecule has 1 N–H and O–H groups in total. The zero-order chi connectivity index (χ0) is 27.8. The van der Waals surface area contributed by atoms with Gasteiger partial charge in [-0.25, -0.2) is 0 Å². The van der Waals surface area contributed by atoms with Crippen LogP contribution in [0.15, 0.2) is 53.4 Å². The van der Waals surface area contributed by atoms with Crippen molar-refractivity contribution in [2.45, 2.75) is 45.1 Å². The molecule has 0 aromatic heterocycles. The first-order valence-corrected chi connectivity index (χ1v) is 15.5. The minimum Gasteiger partial charge on any atom is -0.368 e. The molecule has 1 amide bonds. The molecular formula is C32H34ClN3O3S. The van der Waals surface area contributed by atoms with Gasteiger partial charge in [0.05, 0.1) is 15.6 Å². The molecule has 2 saturated heterocycles. The number of hydrogen-bond acceptors (Lipinski definition) is 6. The molecule has 6 rings (SSSR count). The number of amides is 1. The summed E-state index contributed by atoms with van der Waals surface area (Å²) in [5, 5.41) is 4.48. The van der Waals surface area contributed by atoms with Gasteiger partial charge in [-0.15, -0.1) is 0 Å². The van der Waals surface area contributed by atoms with Crippen LogP contribution in [0.4, 0.5) is 5.69 Å². The van der Waals surface area contributed by atoms with E-state index in [1.807, 2.05) is 66.4 Å². The molecule has 208 valence electrons. The normalized spacial score (nSPS) is 26.4. The number of thioether (sulfide) groups is 1. The predicted octanol–water partition coefficient (Wildman–Crippen LogP) is 6.01. The summed E-state index contributed by atoms with van der Waals surface area (Å²) < 4.78 is 0. The molecule has 6 nitrogen and oxygen atoms in total. The predicted molar refractivity (Wildman–Crippen MR) is 162 cm³/mol. The molecule has 0 bridgehead atoms. The van der Waals surface area contributed by atoms with Crippen LogP contribution in [0.1, 0.15) is 60.5 Å². The summed E-state index contributed by atoms with van der Waals surface area (Å²) in [5.74, 6) is -0.0475. The van der Waals surface area contributed by atoms with Gasteiger partial charge in [0.15, 0.2) is 10.9 Å². The van der Waals surface area contributed by atoms with Gasteiger partial charge in [-0.1, -0.05) is 48.0 Å². The highest BCUT2D eigenvalue weighted by Gasteiger charge is 2.47. The van der Waals surface area contributed by atoms with E-state index in [1.165, 1.54) is 0 Å². The van der Waals surface area contributed by atoms with Gasteiger partial charge in [-0.05, 0) is 75.5 Å². The van der Waals surface area contributed by atoms with E-state index < -0.39 is 0 Å². The first-order chi connectivity index (χ1) is 19.5. The average molecular weight is 576 g/mol. The van der Waals surface area contributed by atoms with Crippen LogP contribution in [-0.2, 0) is 9.59 Å². The molecule has 3 unspecified atom stereocenters. The van der Waals surface area contributed by atoms with Crippen molar-refractivity contribution >= 4 is 57.6 Å². The van der Waals surface area contributed by atoms with E-state index in [0.29, 0.717) is 22.5 Å². The van der Waals surface area contributed by atoms with Crippen molar-refractivity contribution in [3.8, 4) is 0 Å². The van der Waals surface area contributed by atoms with Crippen molar-refractivity contribution in [2.24, 2.45) is 11.8 Å². The molecule has 0 spiro atoms. The van der Waals surface area contributed by atoms with Gasteiger partial charge in [0.25, 0.3) is 5.91 Å². The number of fused-ring (bicyclic) bond motifs is 2. The number of Topliss-reactive ketones (excluding diaryl/α,β-unsaturated/α-hetero) is 1. The van der Waals surface area contributed by atoms with Crippen LogP contribution >= 0.6 is 23.4 Å². The maximum atomic E-state index is 13.0. The highest BCUT2D eigenvalue weighted by atomic mass is 35.5. The lowest BCUT2D eigenvalue weighted by molar-refractivity contribution is -0.131. The van der Waals surface area contributed by atoms with Crippen LogP contribution in [0, 0.1) is 11.8 Å². The van der Waals surface area contributed by atoms with Crippen LogP contribution in [0.2, 0.25) is 5.02 Å². The number of carbonyl (C=O) groups excluding carboxylic acids is 3. The Kier molecular flexibility index (Phi) is 7.89. The lowest BCUT2D eigenvalue weighted by atomic mass is 9.71. The van der Waals surface area contributed by atoms with Gasteiger partial charge >= 0.3 is 0 Å².